The van der Waals surface area contributed by atoms with Crippen LogP contribution in [0.15, 0.2) is 170 Å². The number of hydrogen-bond donors (Lipinski definition) is 0. The van der Waals surface area contributed by atoms with E-state index in [0.29, 0.717) is 13.1 Å². The van der Waals surface area contributed by atoms with E-state index in [9.17, 15) is 4.79 Å². The molecule has 7 rings (SSSR count). The van der Waals surface area contributed by atoms with Crippen LogP contribution in [0.1, 0.15) is 0 Å². The van der Waals surface area contributed by atoms with Crippen molar-refractivity contribution in [1.82, 2.24) is 0 Å². The summed E-state index contributed by atoms with van der Waals surface area (Å²) >= 11 is 0. The number of nitrogens with zero attached hydrogens (tertiary/aromatic N) is 4. The molecule has 0 aromatic heterocycles. The second-order valence-electron chi connectivity index (χ2n) is 10.6. The lowest BCUT2D eigenvalue weighted by atomic mass is 10.2. The average Bonchev–Trinajstić information content (AvgIpc) is 3.48. The first-order valence-corrected chi connectivity index (χ1v) is 14.9. The molecule has 1 aliphatic heterocycles. The van der Waals surface area contributed by atoms with Crippen molar-refractivity contribution in [1.29, 1.82) is 0 Å². The lowest BCUT2D eigenvalue weighted by Gasteiger charge is -2.26. The van der Waals surface area contributed by atoms with E-state index in [0.717, 1.165) is 45.5 Å². The molecule has 1 heterocycles. The van der Waals surface area contributed by atoms with Gasteiger partial charge in [-0.1, -0.05) is 72.8 Å². The number of carbonyl (C=O) groups is 1. The van der Waals surface area contributed by atoms with Crippen LogP contribution in [0, 0.1) is 0 Å². The fourth-order valence-corrected chi connectivity index (χ4v) is 5.78. The minimum absolute atomic E-state index is 0.0172. The highest BCUT2D eigenvalue weighted by molar-refractivity contribution is 6.06. The predicted molar refractivity (Wildman–Crippen MR) is 182 cm³/mol. The quantitative estimate of drug-likeness (QED) is 0.182. The first-order chi connectivity index (χ1) is 21.8. The minimum atomic E-state index is -0.0172. The fourth-order valence-electron chi connectivity index (χ4n) is 5.78. The third-order valence-electron chi connectivity index (χ3n) is 7.91. The van der Waals surface area contributed by atoms with Gasteiger partial charge in [0.25, 0.3) is 0 Å². The Morgan fingerprint density at radius 3 is 0.864 bits per heavy atom. The maximum atomic E-state index is 13.7. The summed E-state index contributed by atoms with van der Waals surface area (Å²) in [6, 6.07) is 57.8. The van der Waals surface area contributed by atoms with Crippen molar-refractivity contribution < 1.29 is 4.79 Å². The molecule has 0 N–H and O–H groups in total. The summed E-state index contributed by atoms with van der Waals surface area (Å²) in [5.41, 5.74) is 8.16. The van der Waals surface area contributed by atoms with Crippen molar-refractivity contribution in [3.8, 4) is 0 Å². The topological polar surface area (TPSA) is 30.0 Å². The molecule has 0 bridgehead atoms. The largest absolute Gasteiger partial charge is 0.329 e. The van der Waals surface area contributed by atoms with Crippen molar-refractivity contribution in [2.24, 2.45) is 0 Å². The van der Waals surface area contributed by atoms with Gasteiger partial charge in [0.05, 0.1) is 0 Å². The van der Waals surface area contributed by atoms with Gasteiger partial charge >= 0.3 is 6.03 Å². The van der Waals surface area contributed by atoms with E-state index >= 15 is 0 Å². The molecular weight excluding hydrogens is 540 g/mol. The maximum absolute atomic E-state index is 13.7. The molecule has 44 heavy (non-hydrogen) atoms. The molecule has 0 unspecified atom stereocenters. The van der Waals surface area contributed by atoms with E-state index < -0.39 is 0 Å². The summed E-state index contributed by atoms with van der Waals surface area (Å²) in [6.45, 7) is 1.25. The summed E-state index contributed by atoms with van der Waals surface area (Å²) < 4.78 is 0. The van der Waals surface area contributed by atoms with Crippen molar-refractivity contribution in [2.45, 2.75) is 0 Å². The Kier molecular flexibility index (Phi) is 7.50. The molecule has 0 atom stereocenters. The summed E-state index contributed by atoms with van der Waals surface area (Å²) in [7, 11) is 0. The Hall–Kier alpha value is -5.81. The van der Waals surface area contributed by atoms with Crippen LogP contribution in [0.2, 0.25) is 0 Å². The highest BCUT2D eigenvalue weighted by Gasteiger charge is 2.31. The lowest BCUT2D eigenvalue weighted by molar-refractivity contribution is 0.256. The van der Waals surface area contributed by atoms with Gasteiger partial charge < -0.3 is 9.80 Å². The minimum Gasteiger partial charge on any atom is -0.311 e. The number of anilines is 8. The van der Waals surface area contributed by atoms with Crippen LogP contribution < -0.4 is 19.6 Å². The molecule has 5 nitrogen and oxygen atoms in total. The van der Waals surface area contributed by atoms with Crippen LogP contribution in [-0.2, 0) is 0 Å². The van der Waals surface area contributed by atoms with Gasteiger partial charge in [-0.05, 0) is 97.1 Å². The van der Waals surface area contributed by atoms with Gasteiger partial charge in [-0.15, -0.1) is 0 Å². The van der Waals surface area contributed by atoms with Crippen molar-refractivity contribution in [2.75, 3.05) is 32.7 Å². The van der Waals surface area contributed by atoms with E-state index in [1.54, 1.807) is 0 Å². The monoisotopic (exact) mass is 572 g/mol. The number of carbonyl (C=O) groups excluding carboxylic acids is 1. The second kappa shape index (κ2) is 12.2. The van der Waals surface area contributed by atoms with Gasteiger partial charge in [-0.25, -0.2) is 4.79 Å². The van der Waals surface area contributed by atoms with Crippen LogP contribution >= 0.6 is 0 Å². The Labute approximate surface area is 258 Å². The van der Waals surface area contributed by atoms with Crippen molar-refractivity contribution in [3.63, 3.8) is 0 Å². The third-order valence-corrected chi connectivity index (χ3v) is 7.91. The van der Waals surface area contributed by atoms with Crippen LogP contribution in [0.3, 0.4) is 0 Å². The zero-order valence-electron chi connectivity index (χ0n) is 24.3. The number of benzene rings is 6. The first kappa shape index (κ1) is 27.0. The zero-order chi connectivity index (χ0) is 29.7. The molecule has 5 heteroatoms. The third kappa shape index (κ3) is 5.39. The van der Waals surface area contributed by atoms with Crippen LogP contribution in [0.5, 0.6) is 0 Å². The SMILES string of the molecule is O=C1N(c2ccc(N(c3ccccc3)c3ccccc3)cc2)CCN1c1ccc(N(c2ccccc2)c2ccccc2)cc1. The summed E-state index contributed by atoms with van der Waals surface area (Å²) in [5, 5.41) is 0. The molecule has 0 radical (unpaired) electrons. The van der Waals surface area contributed by atoms with Gasteiger partial charge in [-0.3, -0.25) is 9.80 Å². The van der Waals surface area contributed by atoms with Crippen LogP contribution in [-0.4, -0.2) is 19.1 Å². The van der Waals surface area contributed by atoms with Gasteiger partial charge in [-0.2, -0.15) is 0 Å². The van der Waals surface area contributed by atoms with E-state index in [2.05, 4.69) is 82.6 Å². The van der Waals surface area contributed by atoms with E-state index in [1.165, 1.54) is 0 Å². The molecular formula is C39H32N4O. The molecule has 0 aliphatic carbocycles. The number of para-hydroxylation sites is 4. The lowest BCUT2D eigenvalue weighted by Crippen LogP contribution is -2.31. The molecule has 1 fully saturated rings. The molecule has 0 spiro atoms. The molecule has 1 saturated heterocycles. The maximum Gasteiger partial charge on any atom is 0.329 e. The Morgan fingerprint density at radius 2 is 0.591 bits per heavy atom. The van der Waals surface area contributed by atoms with Crippen molar-refractivity contribution in [3.05, 3.63) is 170 Å². The molecule has 2 amide bonds. The number of rotatable bonds is 8. The summed E-state index contributed by atoms with van der Waals surface area (Å²) in [6.07, 6.45) is 0. The summed E-state index contributed by atoms with van der Waals surface area (Å²) in [5.74, 6) is 0. The predicted octanol–water partition coefficient (Wildman–Crippen LogP) is 10.1. The van der Waals surface area contributed by atoms with Gasteiger partial charge in [0.15, 0.2) is 0 Å². The van der Waals surface area contributed by atoms with Gasteiger partial charge in [0, 0.05) is 58.6 Å². The number of hydrogen-bond acceptors (Lipinski definition) is 3. The summed E-state index contributed by atoms with van der Waals surface area (Å²) in [4.78, 5) is 21.8. The molecule has 6 aromatic carbocycles. The first-order valence-electron chi connectivity index (χ1n) is 14.9. The average molecular weight is 573 g/mol. The van der Waals surface area contributed by atoms with E-state index in [-0.39, 0.29) is 6.03 Å². The molecule has 6 aromatic rings. The fraction of sp³-hybridized carbons (Fsp3) is 0.0513. The Morgan fingerprint density at radius 1 is 0.341 bits per heavy atom. The van der Waals surface area contributed by atoms with Crippen LogP contribution in [0.4, 0.5) is 50.3 Å². The highest BCUT2D eigenvalue weighted by atomic mass is 16.2. The zero-order valence-corrected chi connectivity index (χ0v) is 24.3. The normalized spacial score (nSPS) is 12.8. The Balaban J connectivity index is 1.11. The number of urea groups is 1. The van der Waals surface area contributed by atoms with Gasteiger partial charge in [0.1, 0.15) is 0 Å². The number of amides is 2. The molecule has 1 aliphatic rings. The van der Waals surface area contributed by atoms with Crippen molar-refractivity contribution >= 4 is 51.5 Å². The second-order valence-corrected chi connectivity index (χ2v) is 10.6. The standard InChI is InChI=1S/C39H32N4O/c44-39-40(31-21-25-37(26-22-31)42(33-13-5-1-6-14-33)34-15-7-2-8-16-34)29-30-41(39)32-23-27-38(28-24-32)43(35-17-9-3-10-18-35)36-19-11-4-12-20-36/h1-28H,29-30H2. The Bertz CT molecular complexity index is 1600. The molecule has 0 saturated carbocycles. The molecule has 214 valence electrons. The van der Waals surface area contributed by atoms with Gasteiger partial charge in [0.2, 0.25) is 0 Å². The smallest absolute Gasteiger partial charge is 0.311 e. The van der Waals surface area contributed by atoms with E-state index in [4.69, 9.17) is 0 Å². The highest BCUT2D eigenvalue weighted by Crippen LogP contribution is 2.37. The van der Waals surface area contributed by atoms with Crippen LogP contribution in [0.25, 0.3) is 0 Å². The van der Waals surface area contributed by atoms with E-state index in [1.807, 2.05) is 107 Å².